The van der Waals surface area contributed by atoms with Crippen molar-refractivity contribution in [3.8, 4) is 11.5 Å². The Kier molecular flexibility index (Phi) is 9.23. The van der Waals surface area contributed by atoms with Crippen molar-refractivity contribution in [1.82, 2.24) is 0 Å². The monoisotopic (exact) mass is 482 g/mol. The molecule has 0 bridgehead atoms. The number of rotatable bonds is 13. The molecular weight excluding hydrogens is 452 g/mol. The number of Topliss-reactive ketones (excluding diaryl/α,β-unsaturated/α-hetero) is 1. The van der Waals surface area contributed by atoms with Crippen LogP contribution in [0.4, 0.5) is 11.4 Å². The first-order valence-electron chi connectivity index (χ1n) is 11.6. The van der Waals surface area contributed by atoms with E-state index in [4.69, 9.17) is 14.6 Å². The van der Waals surface area contributed by atoms with Gasteiger partial charge in [0, 0.05) is 17.8 Å². The molecule has 2 amide bonds. The summed E-state index contributed by atoms with van der Waals surface area (Å²) in [6, 6.07) is 13.5. The number of aliphatic carboxylic acids is 1. The number of carboxylic acid groups (broad SMARTS) is 1. The third-order valence-corrected chi connectivity index (χ3v) is 5.72. The van der Waals surface area contributed by atoms with E-state index in [1.807, 2.05) is 0 Å². The number of nitrogens with zero attached hydrogens (tertiary/aromatic N) is 1. The molecular formula is C26H30N2O7. The number of ether oxygens (including phenoxy) is 2. The Bertz CT molecular complexity index is 1030. The number of ketones is 1. The standard InChI is InChI=1S/C26H30N2O7/c1-34-20-14-10-19(11-15-20)28-17-22(29)24(26(28)33)25(32)27-18-8-12-21(13-9-18)35-16-6-4-2-3-5-7-23(30)31/h8-15,24H,2-7,16-17H2,1H3,(H,27,32)(H,30,31). The minimum Gasteiger partial charge on any atom is -0.497 e. The minimum absolute atomic E-state index is 0.157. The summed E-state index contributed by atoms with van der Waals surface area (Å²) in [5.41, 5.74) is 0.991. The molecule has 1 aliphatic rings. The van der Waals surface area contributed by atoms with Crippen molar-refractivity contribution in [2.45, 2.75) is 38.5 Å². The van der Waals surface area contributed by atoms with Gasteiger partial charge in [-0.3, -0.25) is 19.2 Å². The van der Waals surface area contributed by atoms with Gasteiger partial charge in [0.1, 0.15) is 11.5 Å². The normalized spacial score (nSPS) is 15.2. The Labute approximate surface area is 204 Å². The van der Waals surface area contributed by atoms with Crippen LogP contribution >= 0.6 is 0 Å². The molecule has 2 N–H and O–H groups in total. The lowest BCUT2D eigenvalue weighted by atomic mass is 10.1. The highest BCUT2D eigenvalue weighted by atomic mass is 16.5. The first-order chi connectivity index (χ1) is 16.9. The molecule has 3 rings (SSSR count). The van der Waals surface area contributed by atoms with Gasteiger partial charge in [0.15, 0.2) is 11.7 Å². The molecule has 1 unspecified atom stereocenters. The number of hydrogen-bond donors (Lipinski definition) is 2. The van der Waals surface area contributed by atoms with Crippen LogP contribution in [0.2, 0.25) is 0 Å². The van der Waals surface area contributed by atoms with Gasteiger partial charge in [-0.2, -0.15) is 0 Å². The Morgan fingerprint density at radius 3 is 2.23 bits per heavy atom. The summed E-state index contributed by atoms with van der Waals surface area (Å²) in [5, 5.41) is 11.3. The predicted octanol–water partition coefficient (Wildman–Crippen LogP) is 3.67. The number of carboxylic acids is 1. The zero-order chi connectivity index (χ0) is 25.2. The van der Waals surface area contributed by atoms with Crippen molar-refractivity contribution in [3.63, 3.8) is 0 Å². The maximum atomic E-state index is 12.8. The zero-order valence-electron chi connectivity index (χ0n) is 19.7. The van der Waals surface area contributed by atoms with Gasteiger partial charge in [0.25, 0.3) is 0 Å². The lowest BCUT2D eigenvalue weighted by molar-refractivity contribution is -0.137. The third kappa shape index (κ3) is 7.30. The number of methoxy groups -OCH3 is 1. The van der Waals surface area contributed by atoms with Crippen LogP contribution in [-0.4, -0.2) is 48.9 Å². The van der Waals surface area contributed by atoms with E-state index in [0.717, 1.165) is 25.7 Å². The van der Waals surface area contributed by atoms with E-state index in [1.165, 1.54) is 12.0 Å². The Balaban J connectivity index is 1.44. The van der Waals surface area contributed by atoms with E-state index in [2.05, 4.69) is 5.32 Å². The molecule has 35 heavy (non-hydrogen) atoms. The van der Waals surface area contributed by atoms with Crippen molar-refractivity contribution >= 4 is 34.9 Å². The van der Waals surface area contributed by atoms with Crippen LogP contribution in [0.1, 0.15) is 38.5 Å². The van der Waals surface area contributed by atoms with E-state index < -0.39 is 29.5 Å². The number of anilines is 2. The molecule has 1 heterocycles. The van der Waals surface area contributed by atoms with Gasteiger partial charge in [-0.1, -0.05) is 19.3 Å². The van der Waals surface area contributed by atoms with Crippen LogP contribution in [0.25, 0.3) is 0 Å². The van der Waals surface area contributed by atoms with Crippen molar-refractivity contribution in [3.05, 3.63) is 48.5 Å². The third-order valence-electron chi connectivity index (χ3n) is 5.72. The summed E-state index contributed by atoms with van der Waals surface area (Å²) in [4.78, 5) is 49.7. The van der Waals surface area contributed by atoms with Gasteiger partial charge in [0.2, 0.25) is 11.8 Å². The Hall–Kier alpha value is -3.88. The maximum Gasteiger partial charge on any atom is 0.303 e. The summed E-state index contributed by atoms with van der Waals surface area (Å²) in [6.07, 6.45) is 4.60. The summed E-state index contributed by atoms with van der Waals surface area (Å²) in [6.45, 7) is 0.381. The molecule has 0 radical (unpaired) electrons. The number of amides is 2. The van der Waals surface area contributed by atoms with Gasteiger partial charge >= 0.3 is 5.97 Å². The average Bonchev–Trinajstić information content (AvgIpc) is 3.15. The number of unbranched alkanes of at least 4 members (excludes halogenated alkanes) is 4. The quantitative estimate of drug-likeness (QED) is 0.330. The number of nitrogens with one attached hydrogen (secondary N) is 1. The van der Waals surface area contributed by atoms with Crippen LogP contribution in [-0.2, 0) is 19.2 Å². The highest BCUT2D eigenvalue weighted by Gasteiger charge is 2.44. The molecule has 2 aromatic rings. The second-order valence-corrected chi connectivity index (χ2v) is 8.30. The summed E-state index contributed by atoms with van der Waals surface area (Å²) < 4.78 is 10.8. The van der Waals surface area contributed by atoms with Crippen molar-refractivity contribution in [2.75, 3.05) is 30.5 Å². The van der Waals surface area contributed by atoms with Crippen LogP contribution in [0, 0.1) is 5.92 Å². The van der Waals surface area contributed by atoms with Crippen LogP contribution in [0.15, 0.2) is 48.5 Å². The Morgan fingerprint density at radius 1 is 0.943 bits per heavy atom. The van der Waals surface area contributed by atoms with E-state index in [9.17, 15) is 19.2 Å². The highest BCUT2D eigenvalue weighted by Crippen LogP contribution is 2.26. The number of carbonyl (C=O) groups is 4. The predicted molar refractivity (Wildman–Crippen MR) is 130 cm³/mol. The SMILES string of the molecule is COc1ccc(N2CC(=O)C(C(=O)Nc3ccc(OCCCCCCCC(=O)O)cc3)C2=O)cc1. The van der Waals surface area contributed by atoms with E-state index in [1.54, 1.807) is 48.5 Å². The highest BCUT2D eigenvalue weighted by molar-refractivity contribution is 6.30. The van der Waals surface area contributed by atoms with Gasteiger partial charge in [-0.25, -0.2) is 0 Å². The largest absolute Gasteiger partial charge is 0.497 e. The Morgan fingerprint density at radius 2 is 1.57 bits per heavy atom. The topological polar surface area (TPSA) is 122 Å². The molecule has 1 atom stereocenters. The molecule has 1 fully saturated rings. The van der Waals surface area contributed by atoms with Gasteiger partial charge in [-0.05, 0) is 61.4 Å². The molecule has 0 aromatic heterocycles. The smallest absolute Gasteiger partial charge is 0.303 e. The van der Waals surface area contributed by atoms with Crippen molar-refractivity contribution in [1.29, 1.82) is 0 Å². The molecule has 0 spiro atoms. The fraction of sp³-hybridized carbons (Fsp3) is 0.385. The number of benzene rings is 2. The van der Waals surface area contributed by atoms with E-state index in [0.29, 0.717) is 35.9 Å². The van der Waals surface area contributed by atoms with Crippen LogP contribution in [0.5, 0.6) is 11.5 Å². The summed E-state index contributed by atoms with van der Waals surface area (Å²) in [7, 11) is 1.54. The summed E-state index contributed by atoms with van der Waals surface area (Å²) >= 11 is 0. The molecule has 1 saturated heterocycles. The second-order valence-electron chi connectivity index (χ2n) is 8.30. The first-order valence-corrected chi connectivity index (χ1v) is 11.6. The molecule has 0 aliphatic carbocycles. The lowest BCUT2D eigenvalue weighted by Gasteiger charge is -2.16. The maximum absolute atomic E-state index is 12.8. The molecule has 1 aliphatic heterocycles. The molecule has 0 saturated carbocycles. The molecule has 186 valence electrons. The van der Waals surface area contributed by atoms with Crippen LogP contribution < -0.4 is 19.7 Å². The first kappa shape index (κ1) is 25.7. The molecule has 2 aromatic carbocycles. The second kappa shape index (κ2) is 12.5. The fourth-order valence-corrected chi connectivity index (χ4v) is 3.81. The van der Waals surface area contributed by atoms with E-state index in [-0.39, 0.29) is 13.0 Å². The van der Waals surface area contributed by atoms with Gasteiger partial charge in [0.05, 0.1) is 20.3 Å². The van der Waals surface area contributed by atoms with Crippen molar-refractivity contribution < 1.29 is 33.8 Å². The lowest BCUT2D eigenvalue weighted by Crippen LogP contribution is -2.34. The minimum atomic E-state index is -1.39. The number of hydrogen-bond acceptors (Lipinski definition) is 6. The van der Waals surface area contributed by atoms with Crippen LogP contribution in [0.3, 0.4) is 0 Å². The van der Waals surface area contributed by atoms with Gasteiger partial charge in [-0.15, -0.1) is 0 Å². The van der Waals surface area contributed by atoms with E-state index >= 15 is 0 Å². The zero-order valence-corrected chi connectivity index (χ0v) is 19.7. The van der Waals surface area contributed by atoms with Gasteiger partial charge < -0.3 is 24.8 Å². The summed E-state index contributed by atoms with van der Waals surface area (Å²) in [5.74, 6) is -2.54. The molecule has 9 heteroatoms. The molecule has 9 nitrogen and oxygen atoms in total. The van der Waals surface area contributed by atoms with Crippen molar-refractivity contribution in [2.24, 2.45) is 5.92 Å². The fourth-order valence-electron chi connectivity index (χ4n) is 3.81. The number of carbonyl (C=O) groups excluding carboxylic acids is 3. The average molecular weight is 483 g/mol.